The summed E-state index contributed by atoms with van der Waals surface area (Å²) >= 11 is 0. The van der Waals surface area contributed by atoms with Crippen LogP contribution in [0.3, 0.4) is 0 Å². The highest BCUT2D eigenvalue weighted by Gasteiger charge is 2.24. The van der Waals surface area contributed by atoms with Crippen molar-refractivity contribution in [2.75, 3.05) is 6.73 Å². The highest BCUT2D eigenvalue weighted by molar-refractivity contribution is 5.76. The van der Waals surface area contributed by atoms with Gasteiger partial charge in [0, 0.05) is 6.42 Å². The number of rotatable bonds is 7. The zero-order valence-electron chi connectivity index (χ0n) is 10.7. The van der Waals surface area contributed by atoms with Gasteiger partial charge in [0.25, 0.3) is 0 Å². The van der Waals surface area contributed by atoms with Crippen molar-refractivity contribution in [3.63, 3.8) is 0 Å². The van der Waals surface area contributed by atoms with Crippen LogP contribution in [0.15, 0.2) is 0 Å². The molecule has 0 aromatic heterocycles. The maximum Gasteiger partial charge on any atom is 0.320 e. The summed E-state index contributed by atoms with van der Waals surface area (Å²) in [5.74, 6) is -2.71. The van der Waals surface area contributed by atoms with Crippen LogP contribution in [0, 0.1) is 5.41 Å². The van der Waals surface area contributed by atoms with E-state index in [9.17, 15) is 14.4 Å². The zero-order chi connectivity index (χ0) is 14.3. The lowest BCUT2D eigenvalue weighted by atomic mass is 9.98. The van der Waals surface area contributed by atoms with E-state index in [-0.39, 0.29) is 19.6 Å². The standard InChI is InChI=1S/C11H19NO6/c1-11(2,3)10(17)18-6-12-7(9(15)16)4-5-8(13)14/h7,12H,4-6H2,1-3H3,(H,13,14)(H,15,16). The Bertz CT molecular complexity index is 320. The van der Waals surface area contributed by atoms with Crippen LogP contribution in [0.25, 0.3) is 0 Å². The van der Waals surface area contributed by atoms with Crippen molar-refractivity contribution < 1.29 is 29.3 Å². The van der Waals surface area contributed by atoms with E-state index in [0.717, 1.165) is 0 Å². The number of carboxylic acids is 2. The topological polar surface area (TPSA) is 113 Å². The summed E-state index contributed by atoms with van der Waals surface area (Å²) in [5, 5.41) is 19.7. The van der Waals surface area contributed by atoms with Crippen molar-refractivity contribution in [3.8, 4) is 0 Å². The molecule has 0 aromatic carbocycles. The van der Waals surface area contributed by atoms with E-state index in [0.29, 0.717) is 0 Å². The molecular formula is C11H19NO6. The van der Waals surface area contributed by atoms with Gasteiger partial charge in [-0.15, -0.1) is 0 Å². The quantitative estimate of drug-likeness (QED) is 0.450. The van der Waals surface area contributed by atoms with Crippen molar-refractivity contribution in [3.05, 3.63) is 0 Å². The van der Waals surface area contributed by atoms with Gasteiger partial charge in [-0.1, -0.05) is 0 Å². The summed E-state index contributed by atoms with van der Waals surface area (Å²) in [6, 6.07) is -1.05. The highest BCUT2D eigenvalue weighted by atomic mass is 16.5. The van der Waals surface area contributed by atoms with Gasteiger partial charge in [0.1, 0.15) is 12.8 Å². The molecule has 1 atom stereocenters. The molecule has 0 aliphatic heterocycles. The van der Waals surface area contributed by atoms with Crippen molar-refractivity contribution in [2.45, 2.75) is 39.7 Å². The fourth-order valence-electron chi connectivity index (χ4n) is 1.00. The molecule has 0 aromatic rings. The molecule has 18 heavy (non-hydrogen) atoms. The Morgan fingerprint density at radius 1 is 1.22 bits per heavy atom. The third kappa shape index (κ3) is 6.85. The third-order valence-electron chi connectivity index (χ3n) is 2.09. The number of aliphatic carboxylic acids is 2. The second-order valence-electron chi connectivity index (χ2n) is 4.85. The fraction of sp³-hybridized carbons (Fsp3) is 0.727. The minimum Gasteiger partial charge on any atom is -0.481 e. The average Bonchev–Trinajstić information content (AvgIpc) is 2.20. The van der Waals surface area contributed by atoms with Gasteiger partial charge < -0.3 is 14.9 Å². The van der Waals surface area contributed by atoms with Gasteiger partial charge >= 0.3 is 17.9 Å². The minimum absolute atomic E-state index is 0.0717. The van der Waals surface area contributed by atoms with E-state index in [1.807, 2.05) is 0 Å². The van der Waals surface area contributed by atoms with Crippen molar-refractivity contribution >= 4 is 17.9 Å². The highest BCUT2D eigenvalue weighted by Crippen LogP contribution is 2.14. The minimum atomic E-state index is -1.18. The van der Waals surface area contributed by atoms with Crippen LogP contribution < -0.4 is 5.32 Å². The van der Waals surface area contributed by atoms with Gasteiger partial charge in [0.2, 0.25) is 0 Å². The molecule has 1 unspecified atom stereocenters. The van der Waals surface area contributed by atoms with Crippen LogP contribution in [0.5, 0.6) is 0 Å². The van der Waals surface area contributed by atoms with Crippen molar-refractivity contribution in [1.82, 2.24) is 5.32 Å². The number of nitrogens with one attached hydrogen (secondary N) is 1. The van der Waals surface area contributed by atoms with Crippen LogP contribution in [0.4, 0.5) is 0 Å². The third-order valence-corrected chi connectivity index (χ3v) is 2.09. The smallest absolute Gasteiger partial charge is 0.320 e. The number of carbonyl (C=O) groups excluding carboxylic acids is 1. The molecule has 0 fully saturated rings. The molecule has 0 aliphatic rings. The van der Waals surface area contributed by atoms with Gasteiger partial charge in [-0.05, 0) is 27.2 Å². The molecule has 7 heteroatoms. The molecule has 0 spiro atoms. The Morgan fingerprint density at radius 2 is 1.78 bits per heavy atom. The summed E-state index contributed by atoms with van der Waals surface area (Å²) in [5.41, 5.74) is -0.665. The Labute approximate surface area is 105 Å². The number of ether oxygens (including phenoxy) is 1. The van der Waals surface area contributed by atoms with E-state index in [1.165, 1.54) is 0 Å². The second-order valence-corrected chi connectivity index (χ2v) is 4.85. The van der Waals surface area contributed by atoms with E-state index < -0.39 is 29.4 Å². The average molecular weight is 261 g/mol. The predicted molar refractivity (Wildman–Crippen MR) is 61.8 cm³/mol. The predicted octanol–water partition coefficient (Wildman–Crippen LogP) is 0.441. The Hall–Kier alpha value is -1.63. The molecule has 0 aliphatic carbocycles. The van der Waals surface area contributed by atoms with Crippen molar-refractivity contribution in [2.24, 2.45) is 5.41 Å². The summed E-state index contributed by atoms with van der Waals surface area (Å²) in [7, 11) is 0. The lowest BCUT2D eigenvalue weighted by Crippen LogP contribution is -2.40. The van der Waals surface area contributed by atoms with E-state index in [4.69, 9.17) is 14.9 Å². The molecule has 0 heterocycles. The maximum absolute atomic E-state index is 11.4. The van der Waals surface area contributed by atoms with Crippen LogP contribution in [-0.4, -0.2) is 40.9 Å². The molecular weight excluding hydrogens is 242 g/mol. The number of hydrogen-bond donors (Lipinski definition) is 3. The van der Waals surface area contributed by atoms with Crippen molar-refractivity contribution in [1.29, 1.82) is 0 Å². The Kier molecular flexibility index (Phi) is 6.32. The lowest BCUT2D eigenvalue weighted by Gasteiger charge is -2.18. The molecule has 3 N–H and O–H groups in total. The first-order chi connectivity index (χ1) is 8.14. The van der Waals surface area contributed by atoms with Gasteiger partial charge in [-0.25, -0.2) is 0 Å². The molecule has 0 bridgehead atoms. The van der Waals surface area contributed by atoms with Gasteiger partial charge in [0.15, 0.2) is 0 Å². The Morgan fingerprint density at radius 3 is 2.17 bits per heavy atom. The lowest BCUT2D eigenvalue weighted by molar-refractivity contribution is -0.155. The number of carbonyl (C=O) groups is 3. The van der Waals surface area contributed by atoms with Crippen LogP contribution in [0.2, 0.25) is 0 Å². The van der Waals surface area contributed by atoms with Crippen LogP contribution >= 0.6 is 0 Å². The number of carboxylic acid groups (broad SMARTS) is 2. The van der Waals surface area contributed by atoms with E-state index in [1.54, 1.807) is 20.8 Å². The summed E-state index contributed by atoms with van der Waals surface area (Å²) in [6.45, 7) is 4.77. The zero-order valence-corrected chi connectivity index (χ0v) is 10.7. The van der Waals surface area contributed by atoms with E-state index >= 15 is 0 Å². The molecule has 104 valence electrons. The SMILES string of the molecule is CC(C)(C)C(=O)OCNC(CCC(=O)O)C(=O)O. The van der Waals surface area contributed by atoms with Gasteiger partial charge in [-0.2, -0.15) is 0 Å². The summed E-state index contributed by atoms with van der Waals surface area (Å²) in [4.78, 5) is 32.5. The number of esters is 1. The van der Waals surface area contributed by atoms with Crippen LogP contribution in [0.1, 0.15) is 33.6 Å². The van der Waals surface area contributed by atoms with E-state index in [2.05, 4.69) is 5.32 Å². The first-order valence-corrected chi connectivity index (χ1v) is 5.50. The van der Waals surface area contributed by atoms with Gasteiger partial charge in [-0.3, -0.25) is 19.7 Å². The first-order valence-electron chi connectivity index (χ1n) is 5.50. The maximum atomic E-state index is 11.4. The molecule has 7 nitrogen and oxygen atoms in total. The monoisotopic (exact) mass is 261 g/mol. The molecule has 0 radical (unpaired) electrons. The Balaban J connectivity index is 4.09. The molecule has 0 amide bonds. The molecule has 0 saturated carbocycles. The normalized spacial score (nSPS) is 12.8. The van der Waals surface area contributed by atoms with Crippen LogP contribution in [-0.2, 0) is 19.1 Å². The summed E-state index contributed by atoms with van der Waals surface area (Å²) < 4.78 is 4.83. The largest absolute Gasteiger partial charge is 0.481 e. The molecule has 0 saturated heterocycles. The summed E-state index contributed by atoms with van der Waals surface area (Å²) in [6.07, 6.45) is -0.338. The first kappa shape index (κ1) is 16.4. The molecule has 0 rings (SSSR count). The second kappa shape index (κ2) is 6.95. The number of hydrogen-bond acceptors (Lipinski definition) is 5. The fourth-order valence-corrected chi connectivity index (χ4v) is 1.00. The van der Waals surface area contributed by atoms with Gasteiger partial charge in [0.05, 0.1) is 5.41 Å².